The molecule has 19 heavy (non-hydrogen) atoms. The lowest BCUT2D eigenvalue weighted by atomic mass is 10.1. The SMILES string of the molecule is COc1ccc(-c2ncnc(C#N)c2F)c(OC)c1. The van der Waals surface area contributed by atoms with E-state index in [9.17, 15) is 4.39 Å². The highest BCUT2D eigenvalue weighted by Crippen LogP contribution is 2.33. The summed E-state index contributed by atoms with van der Waals surface area (Å²) in [4.78, 5) is 7.42. The van der Waals surface area contributed by atoms with E-state index in [1.54, 1.807) is 24.3 Å². The lowest BCUT2D eigenvalue weighted by Crippen LogP contribution is -1.98. The Labute approximate surface area is 109 Å². The molecule has 0 N–H and O–H groups in total. The molecular formula is C13H10FN3O2. The van der Waals surface area contributed by atoms with Gasteiger partial charge in [-0.3, -0.25) is 0 Å². The van der Waals surface area contributed by atoms with Crippen LogP contribution in [0.5, 0.6) is 11.5 Å². The summed E-state index contributed by atoms with van der Waals surface area (Å²) in [7, 11) is 2.98. The molecule has 0 saturated heterocycles. The van der Waals surface area contributed by atoms with Crippen molar-refractivity contribution in [3.8, 4) is 28.8 Å². The molecule has 0 aliphatic carbocycles. The van der Waals surface area contributed by atoms with Crippen molar-refractivity contribution in [1.82, 2.24) is 9.97 Å². The Morgan fingerprint density at radius 2 is 2.00 bits per heavy atom. The first-order chi connectivity index (χ1) is 9.21. The molecule has 0 amide bonds. The van der Waals surface area contributed by atoms with Gasteiger partial charge < -0.3 is 9.47 Å². The van der Waals surface area contributed by atoms with Gasteiger partial charge in [0.2, 0.25) is 0 Å². The Morgan fingerprint density at radius 3 is 2.63 bits per heavy atom. The van der Waals surface area contributed by atoms with Crippen molar-refractivity contribution in [2.45, 2.75) is 0 Å². The molecule has 0 aliphatic heterocycles. The third kappa shape index (κ3) is 2.31. The molecule has 0 radical (unpaired) electrons. The number of rotatable bonds is 3. The first-order valence-corrected chi connectivity index (χ1v) is 5.34. The second-order valence-electron chi connectivity index (χ2n) is 3.56. The van der Waals surface area contributed by atoms with E-state index in [2.05, 4.69) is 9.97 Å². The number of hydrogen-bond donors (Lipinski definition) is 0. The molecular weight excluding hydrogens is 249 g/mol. The molecule has 1 heterocycles. The van der Waals surface area contributed by atoms with Gasteiger partial charge in [-0.05, 0) is 12.1 Å². The summed E-state index contributed by atoms with van der Waals surface area (Å²) < 4.78 is 24.3. The van der Waals surface area contributed by atoms with Gasteiger partial charge in [0, 0.05) is 11.6 Å². The standard InChI is InChI=1S/C13H10FN3O2/c1-18-8-3-4-9(11(5-8)19-2)13-12(14)10(6-15)16-7-17-13/h3-5,7H,1-2H3. The Balaban J connectivity index is 2.62. The van der Waals surface area contributed by atoms with E-state index in [-0.39, 0.29) is 11.4 Å². The Morgan fingerprint density at radius 1 is 1.21 bits per heavy atom. The van der Waals surface area contributed by atoms with E-state index >= 15 is 0 Å². The summed E-state index contributed by atoms with van der Waals surface area (Å²) in [5.74, 6) is 0.213. The lowest BCUT2D eigenvalue weighted by molar-refractivity contribution is 0.395. The van der Waals surface area contributed by atoms with Gasteiger partial charge in [0.05, 0.1) is 14.2 Å². The van der Waals surface area contributed by atoms with Crippen LogP contribution in [0.25, 0.3) is 11.3 Å². The molecule has 6 heteroatoms. The van der Waals surface area contributed by atoms with Crippen molar-refractivity contribution in [1.29, 1.82) is 5.26 Å². The first kappa shape index (κ1) is 12.8. The van der Waals surface area contributed by atoms with Crippen LogP contribution in [0.4, 0.5) is 4.39 Å². The molecule has 1 aromatic carbocycles. The van der Waals surface area contributed by atoms with E-state index in [4.69, 9.17) is 14.7 Å². The highest BCUT2D eigenvalue weighted by Gasteiger charge is 2.16. The van der Waals surface area contributed by atoms with Crippen molar-refractivity contribution < 1.29 is 13.9 Å². The summed E-state index contributed by atoms with van der Waals surface area (Å²) in [6, 6.07) is 6.56. The van der Waals surface area contributed by atoms with Crippen LogP contribution < -0.4 is 9.47 Å². The predicted octanol–water partition coefficient (Wildman–Crippen LogP) is 2.17. The molecule has 5 nitrogen and oxygen atoms in total. The maximum absolute atomic E-state index is 14.0. The molecule has 1 aromatic heterocycles. The second kappa shape index (κ2) is 5.31. The smallest absolute Gasteiger partial charge is 0.186 e. The third-order valence-corrected chi connectivity index (χ3v) is 2.56. The highest BCUT2D eigenvalue weighted by atomic mass is 19.1. The number of ether oxygens (including phenoxy) is 2. The molecule has 96 valence electrons. The highest BCUT2D eigenvalue weighted by molar-refractivity contribution is 5.69. The minimum Gasteiger partial charge on any atom is -0.497 e. The minimum atomic E-state index is -0.770. The molecule has 0 bridgehead atoms. The monoisotopic (exact) mass is 259 g/mol. The molecule has 0 spiro atoms. The van der Waals surface area contributed by atoms with Crippen molar-refractivity contribution in [3.63, 3.8) is 0 Å². The van der Waals surface area contributed by atoms with E-state index in [1.165, 1.54) is 14.2 Å². The summed E-state index contributed by atoms with van der Waals surface area (Å²) in [6.07, 6.45) is 1.14. The number of nitrogens with zero attached hydrogens (tertiary/aromatic N) is 3. The predicted molar refractivity (Wildman–Crippen MR) is 65.2 cm³/mol. The third-order valence-electron chi connectivity index (χ3n) is 2.56. The van der Waals surface area contributed by atoms with Crippen LogP contribution >= 0.6 is 0 Å². The summed E-state index contributed by atoms with van der Waals surface area (Å²) in [5.41, 5.74) is 0.147. The van der Waals surface area contributed by atoms with Crippen LogP contribution in [-0.2, 0) is 0 Å². The fraction of sp³-hybridized carbons (Fsp3) is 0.154. The lowest BCUT2D eigenvalue weighted by Gasteiger charge is -2.10. The molecule has 0 saturated carbocycles. The van der Waals surface area contributed by atoms with Gasteiger partial charge in [-0.2, -0.15) is 5.26 Å². The summed E-state index contributed by atoms with van der Waals surface area (Å²) >= 11 is 0. The van der Waals surface area contributed by atoms with E-state index < -0.39 is 5.82 Å². The van der Waals surface area contributed by atoms with Crippen LogP contribution in [0.1, 0.15) is 5.69 Å². The van der Waals surface area contributed by atoms with Gasteiger partial charge in [-0.1, -0.05) is 0 Å². The Kier molecular flexibility index (Phi) is 3.57. The van der Waals surface area contributed by atoms with Gasteiger partial charge >= 0.3 is 0 Å². The number of halogens is 1. The van der Waals surface area contributed by atoms with Crippen molar-refractivity contribution >= 4 is 0 Å². The van der Waals surface area contributed by atoms with E-state index in [1.807, 2.05) is 0 Å². The van der Waals surface area contributed by atoms with Gasteiger partial charge in [-0.15, -0.1) is 0 Å². The van der Waals surface area contributed by atoms with Gasteiger partial charge in [-0.25, -0.2) is 14.4 Å². The molecule has 0 atom stereocenters. The second-order valence-corrected chi connectivity index (χ2v) is 3.56. The minimum absolute atomic E-state index is 0.0195. The van der Waals surface area contributed by atoms with Crippen molar-refractivity contribution in [2.75, 3.05) is 14.2 Å². The number of methoxy groups -OCH3 is 2. The Hall–Kier alpha value is -2.68. The summed E-state index contributed by atoms with van der Waals surface area (Å²) in [6.45, 7) is 0. The van der Waals surface area contributed by atoms with E-state index in [0.717, 1.165) is 6.33 Å². The van der Waals surface area contributed by atoms with Gasteiger partial charge in [0.15, 0.2) is 11.5 Å². The maximum atomic E-state index is 14.0. The molecule has 2 aromatic rings. The average Bonchev–Trinajstić information content (AvgIpc) is 2.47. The van der Waals surface area contributed by atoms with Crippen molar-refractivity contribution in [3.05, 3.63) is 36.0 Å². The number of nitriles is 1. The largest absolute Gasteiger partial charge is 0.497 e. The summed E-state index contributed by atoms with van der Waals surface area (Å²) in [5, 5.41) is 8.77. The van der Waals surface area contributed by atoms with Crippen molar-refractivity contribution in [2.24, 2.45) is 0 Å². The first-order valence-electron chi connectivity index (χ1n) is 5.34. The topological polar surface area (TPSA) is 68.0 Å². The van der Waals surface area contributed by atoms with Gasteiger partial charge in [0.25, 0.3) is 0 Å². The zero-order valence-corrected chi connectivity index (χ0v) is 10.3. The van der Waals surface area contributed by atoms with Crippen LogP contribution in [0.3, 0.4) is 0 Å². The fourth-order valence-corrected chi connectivity index (χ4v) is 1.63. The maximum Gasteiger partial charge on any atom is 0.186 e. The van der Waals surface area contributed by atoms with Crippen LogP contribution in [-0.4, -0.2) is 24.2 Å². The number of aromatic nitrogens is 2. The van der Waals surface area contributed by atoms with Crippen LogP contribution in [0.15, 0.2) is 24.5 Å². The zero-order valence-electron chi connectivity index (χ0n) is 10.3. The Bertz CT molecular complexity index is 653. The fourth-order valence-electron chi connectivity index (χ4n) is 1.63. The average molecular weight is 259 g/mol. The zero-order chi connectivity index (χ0) is 13.8. The molecule has 0 unspecified atom stereocenters. The van der Waals surface area contributed by atoms with Gasteiger partial charge in [0.1, 0.15) is 29.6 Å². The number of hydrogen-bond acceptors (Lipinski definition) is 5. The molecule has 0 aliphatic rings. The normalized spacial score (nSPS) is 9.79. The quantitative estimate of drug-likeness (QED) is 0.845. The molecule has 2 rings (SSSR count). The van der Waals surface area contributed by atoms with E-state index in [0.29, 0.717) is 17.1 Å². The van der Waals surface area contributed by atoms with Crippen LogP contribution in [0.2, 0.25) is 0 Å². The van der Waals surface area contributed by atoms with Crippen LogP contribution in [0, 0.1) is 17.1 Å². The number of benzene rings is 1. The molecule has 0 fully saturated rings.